The van der Waals surface area contributed by atoms with Gasteiger partial charge < -0.3 is 5.32 Å². The highest BCUT2D eigenvalue weighted by Gasteiger charge is 2.26. The first-order valence-corrected chi connectivity index (χ1v) is 13.4. The molecule has 1 aliphatic heterocycles. The fraction of sp³-hybridized carbons (Fsp3) is 0.269. The molecule has 5 nitrogen and oxygen atoms in total. The molecule has 172 valence electrons. The van der Waals surface area contributed by atoms with Gasteiger partial charge in [-0.05, 0) is 61.7 Å². The molecule has 0 atom stereocenters. The van der Waals surface area contributed by atoms with Gasteiger partial charge in [-0.3, -0.25) is 4.79 Å². The summed E-state index contributed by atoms with van der Waals surface area (Å²) in [5, 5.41) is 2.99. The van der Waals surface area contributed by atoms with Crippen molar-refractivity contribution in [3.05, 3.63) is 83.9 Å². The zero-order valence-electron chi connectivity index (χ0n) is 18.7. The quantitative estimate of drug-likeness (QED) is 0.472. The van der Waals surface area contributed by atoms with Crippen LogP contribution < -0.4 is 5.32 Å². The Morgan fingerprint density at radius 1 is 0.879 bits per heavy atom. The molecule has 33 heavy (non-hydrogen) atoms. The van der Waals surface area contributed by atoms with Gasteiger partial charge in [0.25, 0.3) is 5.91 Å². The minimum absolute atomic E-state index is 0.173. The maximum atomic E-state index is 13.2. The van der Waals surface area contributed by atoms with E-state index in [1.54, 1.807) is 28.2 Å². The molecule has 1 aliphatic rings. The van der Waals surface area contributed by atoms with Crippen LogP contribution in [0.4, 0.5) is 5.69 Å². The van der Waals surface area contributed by atoms with Crippen LogP contribution in [0.1, 0.15) is 41.6 Å². The van der Waals surface area contributed by atoms with Crippen molar-refractivity contribution >= 4 is 33.4 Å². The summed E-state index contributed by atoms with van der Waals surface area (Å²) in [5.74, 6) is -0.318. The number of hydrogen-bond donors (Lipinski definition) is 1. The summed E-state index contributed by atoms with van der Waals surface area (Å²) in [6.45, 7) is 2.88. The lowest BCUT2D eigenvalue weighted by atomic mass is 10.1. The second kappa shape index (κ2) is 10.5. The van der Waals surface area contributed by atoms with E-state index in [-0.39, 0.29) is 10.8 Å². The molecule has 3 aromatic carbocycles. The number of benzene rings is 3. The second-order valence-electron chi connectivity index (χ2n) is 8.16. The Kier molecular flexibility index (Phi) is 7.53. The number of aryl methyl sites for hydroxylation is 1. The van der Waals surface area contributed by atoms with Crippen LogP contribution in [-0.2, 0) is 10.0 Å². The van der Waals surface area contributed by atoms with Crippen LogP contribution in [0.25, 0.3) is 0 Å². The van der Waals surface area contributed by atoms with Gasteiger partial charge in [-0.15, -0.1) is 0 Å². The first kappa shape index (κ1) is 23.5. The number of rotatable bonds is 6. The Morgan fingerprint density at radius 3 is 2.27 bits per heavy atom. The number of sulfonamides is 1. The molecule has 0 radical (unpaired) electrons. The number of para-hydroxylation sites is 1. The first-order chi connectivity index (χ1) is 15.9. The summed E-state index contributed by atoms with van der Waals surface area (Å²) < 4.78 is 28.0. The molecule has 3 aromatic rings. The van der Waals surface area contributed by atoms with Crippen LogP contribution in [0.15, 0.2) is 87.5 Å². The molecule has 1 heterocycles. The Balaban J connectivity index is 1.58. The number of nitrogens with one attached hydrogen (secondary N) is 1. The molecule has 0 aliphatic carbocycles. The fourth-order valence-corrected chi connectivity index (χ4v) is 6.37. The Bertz CT molecular complexity index is 1220. The fourth-order valence-electron chi connectivity index (χ4n) is 3.90. The van der Waals surface area contributed by atoms with E-state index in [0.29, 0.717) is 24.3 Å². The van der Waals surface area contributed by atoms with Crippen LogP contribution in [0, 0.1) is 6.92 Å². The smallest absolute Gasteiger partial charge is 0.256 e. The molecule has 4 rings (SSSR count). The zero-order valence-corrected chi connectivity index (χ0v) is 20.3. The molecule has 0 unspecified atom stereocenters. The van der Waals surface area contributed by atoms with Gasteiger partial charge in [-0.25, -0.2) is 8.42 Å². The standard InChI is InChI=1S/C26H28N2O3S2/c1-20-15-16-22(33(30,31)28-17-9-2-3-10-18-28)19-23(20)26(29)27-24-13-7-8-14-25(24)32-21-11-5-4-6-12-21/h4-8,11-16,19H,2-3,9-10,17-18H2,1H3,(H,27,29). The summed E-state index contributed by atoms with van der Waals surface area (Å²) >= 11 is 1.57. The molecule has 0 spiro atoms. The third kappa shape index (κ3) is 5.66. The lowest BCUT2D eigenvalue weighted by Crippen LogP contribution is -2.32. The third-order valence-electron chi connectivity index (χ3n) is 5.76. The van der Waals surface area contributed by atoms with Crippen molar-refractivity contribution in [2.24, 2.45) is 0 Å². The van der Waals surface area contributed by atoms with Gasteiger partial charge >= 0.3 is 0 Å². The van der Waals surface area contributed by atoms with E-state index >= 15 is 0 Å². The third-order valence-corrected chi connectivity index (χ3v) is 8.74. The average molecular weight is 481 g/mol. The number of hydrogen-bond acceptors (Lipinski definition) is 4. The van der Waals surface area contributed by atoms with Gasteiger partial charge in [-0.1, -0.05) is 61.0 Å². The van der Waals surface area contributed by atoms with Gasteiger partial charge in [0, 0.05) is 28.4 Å². The lowest BCUT2D eigenvalue weighted by molar-refractivity contribution is 0.102. The molecular formula is C26H28N2O3S2. The van der Waals surface area contributed by atoms with Crippen LogP contribution in [0.3, 0.4) is 0 Å². The number of carbonyl (C=O) groups is 1. The van der Waals surface area contributed by atoms with Crippen LogP contribution in [0.5, 0.6) is 0 Å². The van der Waals surface area contributed by atoms with E-state index in [0.717, 1.165) is 41.0 Å². The molecule has 0 saturated carbocycles. The Morgan fingerprint density at radius 2 is 1.55 bits per heavy atom. The molecule has 1 fully saturated rings. The van der Waals surface area contributed by atoms with Crippen molar-refractivity contribution in [1.29, 1.82) is 0 Å². The van der Waals surface area contributed by atoms with E-state index in [2.05, 4.69) is 5.32 Å². The van der Waals surface area contributed by atoms with Crippen molar-refractivity contribution in [3.8, 4) is 0 Å². The highest BCUT2D eigenvalue weighted by atomic mass is 32.2. The normalized spacial score (nSPS) is 15.1. The monoisotopic (exact) mass is 480 g/mol. The Hall–Kier alpha value is -2.61. The number of carbonyl (C=O) groups excluding carboxylic acids is 1. The van der Waals surface area contributed by atoms with Gasteiger partial charge in [-0.2, -0.15) is 4.31 Å². The zero-order chi connectivity index (χ0) is 23.3. The summed E-state index contributed by atoms with van der Waals surface area (Å²) in [7, 11) is -3.63. The molecule has 0 bridgehead atoms. The van der Waals surface area contributed by atoms with E-state index in [9.17, 15) is 13.2 Å². The van der Waals surface area contributed by atoms with Crippen molar-refractivity contribution in [2.75, 3.05) is 18.4 Å². The summed E-state index contributed by atoms with van der Waals surface area (Å²) in [5.41, 5.74) is 1.79. The highest BCUT2D eigenvalue weighted by molar-refractivity contribution is 7.99. The predicted octanol–water partition coefficient (Wildman–Crippen LogP) is 5.96. The van der Waals surface area contributed by atoms with Gasteiger partial charge in [0.15, 0.2) is 0 Å². The van der Waals surface area contributed by atoms with Crippen molar-refractivity contribution in [2.45, 2.75) is 47.3 Å². The number of anilines is 1. The summed E-state index contributed by atoms with van der Waals surface area (Å²) in [6, 6.07) is 22.4. The topological polar surface area (TPSA) is 66.5 Å². The minimum atomic E-state index is -3.63. The average Bonchev–Trinajstić information content (AvgIpc) is 3.11. The van der Waals surface area contributed by atoms with E-state index in [1.807, 2.05) is 61.5 Å². The van der Waals surface area contributed by atoms with Crippen LogP contribution >= 0.6 is 11.8 Å². The van der Waals surface area contributed by atoms with Gasteiger partial charge in [0.2, 0.25) is 10.0 Å². The summed E-state index contributed by atoms with van der Waals surface area (Å²) in [6.07, 6.45) is 3.84. The number of amides is 1. The molecule has 1 amide bonds. The van der Waals surface area contributed by atoms with Crippen LogP contribution in [0.2, 0.25) is 0 Å². The Labute approximate surface area is 200 Å². The van der Waals surface area contributed by atoms with Crippen molar-refractivity contribution in [1.82, 2.24) is 4.31 Å². The lowest BCUT2D eigenvalue weighted by Gasteiger charge is -2.20. The largest absolute Gasteiger partial charge is 0.321 e. The minimum Gasteiger partial charge on any atom is -0.321 e. The number of nitrogens with zero attached hydrogens (tertiary/aromatic N) is 1. The summed E-state index contributed by atoms with van der Waals surface area (Å²) in [4.78, 5) is 15.4. The molecule has 1 saturated heterocycles. The first-order valence-electron chi connectivity index (χ1n) is 11.2. The second-order valence-corrected chi connectivity index (χ2v) is 11.2. The highest BCUT2D eigenvalue weighted by Crippen LogP contribution is 2.33. The van der Waals surface area contributed by atoms with Crippen molar-refractivity contribution in [3.63, 3.8) is 0 Å². The molecule has 7 heteroatoms. The molecule has 1 N–H and O–H groups in total. The maximum absolute atomic E-state index is 13.2. The predicted molar refractivity (Wildman–Crippen MR) is 133 cm³/mol. The molecular weight excluding hydrogens is 452 g/mol. The van der Waals surface area contributed by atoms with E-state index in [1.165, 1.54) is 6.07 Å². The maximum Gasteiger partial charge on any atom is 0.256 e. The van der Waals surface area contributed by atoms with E-state index in [4.69, 9.17) is 0 Å². The molecule has 0 aromatic heterocycles. The van der Waals surface area contributed by atoms with Crippen LogP contribution in [-0.4, -0.2) is 31.7 Å². The van der Waals surface area contributed by atoms with Crippen molar-refractivity contribution < 1.29 is 13.2 Å². The van der Waals surface area contributed by atoms with E-state index < -0.39 is 10.0 Å². The SMILES string of the molecule is Cc1ccc(S(=O)(=O)N2CCCCCC2)cc1C(=O)Nc1ccccc1Sc1ccccc1. The van der Waals surface area contributed by atoms with Gasteiger partial charge in [0.1, 0.15) is 0 Å². The van der Waals surface area contributed by atoms with Gasteiger partial charge in [0.05, 0.1) is 10.6 Å².